The number of nitrogens with zero attached hydrogens (tertiary/aromatic N) is 1. The molecule has 0 atom stereocenters. The Hall–Kier alpha value is -3.41. The van der Waals surface area contributed by atoms with Gasteiger partial charge in [-0.1, -0.05) is 18.2 Å². The van der Waals surface area contributed by atoms with E-state index in [0.717, 1.165) is 11.3 Å². The van der Waals surface area contributed by atoms with Crippen LogP contribution in [-0.2, 0) is 23.6 Å². The van der Waals surface area contributed by atoms with Gasteiger partial charge >= 0.3 is 12.4 Å². The van der Waals surface area contributed by atoms with E-state index in [1.165, 1.54) is 6.20 Å². The molecule has 12 heteroatoms. The van der Waals surface area contributed by atoms with Crippen molar-refractivity contribution in [2.24, 2.45) is 0 Å². The molecule has 33 heavy (non-hydrogen) atoms. The van der Waals surface area contributed by atoms with E-state index < -0.39 is 35.3 Å². The molecule has 0 aliphatic carbocycles. The fourth-order valence-electron chi connectivity index (χ4n) is 2.79. The fourth-order valence-corrected chi connectivity index (χ4v) is 3.65. The lowest BCUT2D eigenvalue weighted by Crippen LogP contribution is -2.32. The molecular weight excluding hydrogens is 472 g/mol. The molecule has 0 fully saturated rings. The molecule has 0 aliphatic heterocycles. The Morgan fingerprint density at radius 2 is 1.52 bits per heavy atom. The zero-order valence-corrected chi connectivity index (χ0v) is 17.4. The number of aromatic nitrogens is 1. The second-order valence-corrected chi connectivity index (χ2v) is 7.93. The number of nitrogens with one attached hydrogen (secondary N) is 2. The van der Waals surface area contributed by atoms with Crippen LogP contribution in [0.2, 0.25) is 0 Å². The predicted octanol–water partition coefficient (Wildman–Crippen LogP) is 5.14. The summed E-state index contributed by atoms with van der Waals surface area (Å²) in [5.74, 6) is -1.06. The van der Waals surface area contributed by atoms with Crippen molar-refractivity contribution in [3.8, 4) is 0 Å². The van der Waals surface area contributed by atoms with Crippen molar-refractivity contribution in [2.45, 2.75) is 18.8 Å². The quantitative estimate of drug-likeness (QED) is 0.473. The van der Waals surface area contributed by atoms with Crippen LogP contribution in [0.15, 0.2) is 54.7 Å². The Morgan fingerprint density at radius 3 is 2.09 bits per heavy atom. The summed E-state index contributed by atoms with van der Waals surface area (Å²) in [4.78, 5) is 28.2. The molecule has 0 bridgehead atoms. The number of anilines is 1. The van der Waals surface area contributed by atoms with Crippen molar-refractivity contribution in [1.29, 1.82) is 0 Å². The minimum Gasteiger partial charge on any atom is -0.343 e. The van der Waals surface area contributed by atoms with Gasteiger partial charge < -0.3 is 10.6 Å². The highest BCUT2D eigenvalue weighted by Crippen LogP contribution is 2.37. The summed E-state index contributed by atoms with van der Waals surface area (Å²) in [5, 5.41) is 4.93. The van der Waals surface area contributed by atoms with Crippen molar-refractivity contribution in [3.05, 3.63) is 81.9 Å². The maximum atomic E-state index is 13.0. The van der Waals surface area contributed by atoms with Gasteiger partial charge in [-0.05, 0) is 35.9 Å². The van der Waals surface area contributed by atoms with Gasteiger partial charge in [-0.15, -0.1) is 11.3 Å². The topological polar surface area (TPSA) is 71.1 Å². The monoisotopic (exact) mass is 487 g/mol. The summed E-state index contributed by atoms with van der Waals surface area (Å²) in [6.07, 6.45) is -8.87. The van der Waals surface area contributed by atoms with Crippen molar-refractivity contribution >= 4 is 28.3 Å². The van der Waals surface area contributed by atoms with E-state index in [-0.39, 0.29) is 29.7 Å². The first kappa shape index (κ1) is 24.2. The number of rotatable bonds is 6. The van der Waals surface area contributed by atoms with Crippen LogP contribution >= 0.6 is 11.3 Å². The van der Waals surface area contributed by atoms with Crippen LogP contribution in [0, 0.1) is 0 Å². The molecule has 0 spiro atoms. The molecule has 2 aromatic carbocycles. The normalized spacial score (nSPS) is 11.8. The second-order valence-electron chi connectivity index (χ2n) is 6.82. The molecule has 2 amide bonds. The van der Waals surface area contributed by atoms with Gasteiger partial charge in [0, 0.05) is 23.1 Å². The molecule has 174 valence electrons. The molecule has 5 nitrogen and oxygen atoms in total. The first-order chi connectivity index (χ1) is 15.4. The molecule has 0 saturated carbocycles. The Bertz CT molecular complexity index is 1110. The number of hydrogen-bond donors (Lipinski definition) is 2. The zero-order valence-electron chi connectivity index (χ0n) is 16.6. The lowest BCUT2D eigenvalue weighted by molar-refractivity contribution is -0.143. The molecule has 0 unspecified atom stereocenters. The van der Waals surface area contributed by atoms with E-state index in [1.807, 2.05) is 0 Å². The van der Waals surface area contributed by atoms with Gasteiger partial charge in [-0.25, -0.2) is 4.98 Å². The predicted molar refractivity (Wildman–Crippen MR) is 109 cm³/mol. The van der Waals surface area contributed by atoms with Crippen LogP contribution < -0.4 is 10.6 Å². The number of carbonyl (C=O) groups excluding carboxylic acids is 2. The average Bonchev–Trinajstić information content (AvgIpc) is 3.17. The summed E-state index contributed by atoms with van der Waals surface area (Å²) in [6.45, 7) is -0.356. The standard InChI is InChI=1S/C21H15F6N3O2S/c22-20(23,24)14-6-12(7-15(9-14)21(25,26)27)8-16-10-29-19(33-16)30-17(31)11-28-18(32)13-4-2-1-3-5-13/h1-7,9-10H,8,11H2,(H,28,32)(H,29,30,31). The van der Waals surface area contributed by atoms with E-state index in [1.54, 1.807) is 30.3 Å². The Kier molecular flexibility index (Phi) is 7.06. The maximum absolute atomic E-state index is 13.0. The molecule has 0 saturated heterocycles. The number of hydrogen-bond acceptors (Lipinski definition) is 4. The molecule has 1 heterocycles. The number of amides is 2. The third kappa shape index (κ3) is 6.78. The van der Waals surface area contributed by atoms with E-state index in [0.29, 0.717) is 22.6 Å². The summed E-state index contributed by atoms with van der Waals surface area (Å²) in [6, 6.07) is 9.54. The van der Waals surface area contributed by atoms with Gasteiger partial charge in [0.1, 0.15) is 0 Å². The van der Waals surface area contributed by atoms with E-state index in [4.69, 9.17) is 0 Å². The number of halogens is 6. The number of alkyl halides is 6. The SMILES string of the molecule is O=C(CNC(=O)c1ccccc1)Nc1ncc(Cc2cc(C(F)(F)F)cc(C(F)(F)F)c2)s1. The minimum atomic E-state index is -4.94. The largest absolute Gasteiger partial charge is 0.416 e. The molecule has 2 N–H and O–H groups in total. The summed E-state index contributed by atoms with van der Waals surface area (Å²) >= 11 is 0.895. The van der Waals surface area contributed by atoms with Gasteiger partial charge in [0.05, 0.1) is 17.7 Å². The highest BCUT2D eigenvalue weighted by molar-refractivity contribution is 7.15. The van der Waals surface area contributed by atoms with E-state index >= 15 is 0 Å². The number of thiazole rings is 1. The van der Waals surface area contributed by atoms with Crippen LogP contribution in [0.25, 0.3) is 0 Å². The van der Waals surface area contributed by atoms with Gasteiger partial charge in [-0.3, -0.25) is 9.59 Å². The fraction of sp³-hybridized carbons (Fsp3) is 0.190. The van der Waals surface area contributed by atoms with Gasteiger partial charge in [-0.2, -0.15) is 26.3 Å². The van der Waals surface area contributed by atoms with Crippen molar-refractivity contribution in [2.75, 3.05) is 11.9 Å². The molecular formula is C21H15F6N3O2S. The minimum absolute atomic E-state index is 0.0611. The second kappa shape index (κ2) is 9.61. The lowest BCUT2D eigenvalue weighted by atomic mass is 10.0. The van der Waals surface area contributed by atoms with Gasteiger partial charge in [0.2, 0.25) is 5.91 Å². The van der Waals surface area contributed by atoms with Crippen molar-refractivity contribution < 1.29 is 35.9 Å². The highest BCUT2D eigenvalue weighted by atomic mass is 32.1. The van der Waals surface area contributed by atoms with Crippen LogP contribution in [0.4, 0.5) is 31.5 Å². The third-order valence-corrected chi connectivity index (χ3v) is 5.18. The molecule has 3 aromatic rings. The first-order valence-corrected chi connectivity index (χ1v) is 10.1. The summed E-state index contributed by atoms with van der Waals surface area (Å²) in [5.41, 5.74) is -2.64. The van der Waals surface area contributed by atoms with Gasteiger partial charge in [0.15, 0.2) is 5.13 Å². The highest BCUT2D eigenvalue weighted by Gasteiger charge is 2.36. The van der Waals surface area contributed by atoms with Crippen molar-refractivity contribution in [1.82, 2.24) is 10.3 Å². The van der Waals surface area contributed by atoms with Crippen molar-refractivity contribution in [3.63, 3.8) is 0 Å². The smallest absolute Gasteiger partial charge is 0.343 e. The molecule has 0 aliphatic rings. The first-order valence-electron chi connectivity index (χ1n) is 9.28. The Balaban J connectivity index is 1.65. The Labute approximate surface area is 187 Å². The summed E-state index contributed by atoms with van der Waals surface area (Å²) in [7, 11) is 0. The lowest BCUT2D eigenvalue weighted by Gasteiger charge is -2.13. The van der Waals surface area contributed by atoms with Crippen LogP contribution in [0.1, 0.15) is 31.9 Å². The number of benzene rings is 2. The van der Waals surface area contributed by atoms with Crippen LogP contribution in [-0.4, -0.2) is 23.3 Å². The molecule has 1 aromatic heterocycles. The maximum Gasteiger partial charge on any atom is 0.416 e. The molecule has 3 rings (SSSR count). The van der Waals surface area contributed by atoms with E-state index in [2.05, 4.69) is 15.6 Å². The number of carbonyl (C=O) groups is 2. The van der Waals surface area contributed by atoms with Crippen LogP contribution in [0.3, 0.4) is 0 Å². The summed E-state index contributed by atoms with van der Waals surface area (Å²) < 4.78 is 78.0. The van der Waals surface area contributed by atoms with Gasteiger partial charge in [0.25, 0.3) is 5.91 Å². The van der Waals surface area contributed by atoms with E-state index in [9.17, 15) is 35.9 Å². The zero-order chi connectivity index (χ0) is 24.2. The Morgan fingerprint density at radius 1 is 0.909 bits per heavy atom. The third-order valence-electron chi connectivity index (χ3n) is 4.27. The van der Waals surface area contributed by atoms with Crippen LogP contribution in [0.5, 0.6) is 0 Å². The average molecular weight is 487 g/mol. The molecule has 0 radical (unpaired) electrons.